The van der Waals surface area contributed by atoms with Crippen LogP contribution in [-0.4, -0.2) is 15.0 Å². The summed E-state index contributed by atoms with van der Waals surface area (Å²) < 4.78 is 75.3. The monoisotopic (exact) mass is 713 g/mol. The van der Waals surface area contributed by atoms with Gasteiger partial charge in [0.05, 0.1) is 15.3 Å². The Morgan fingerprint density at radius 3 is 2.46 bits per heavy atom. The first kappa shape index (κ1) is 17.8. The van der Waals surface area contributed by atoms with Gasteiger partial charge in [0.2, 0.25) is 0 Å². The molecule has 1 radical (unpaired) electrons. The van der Waals surface area contributed by atoms with Crippen molar-refractivity contribution in [3.8, 4) is 22.5 Å². The molecular formula is C33H25IrN3OS-2. The number of benzene rings is 3. The summed E-state index contributed by atoms with van der Waals surface area (Å²) in [6.45, 7) is -5.34. The van der Waals surface area contributed by atoms with Crippen molar-refractivity contribution in [3.05, 3.63) is 113 Å². The number of hydrogen-bond donors (Lipinski definition) is 0. The second-order valence-electron chi connectivity index (χ2n) is 8.54. The van der Waals surface area contributed by atoms with Crippen LogP contribution in [0.25, 0.3) is 54.7 Å². The van der Waals surface area contributed by atoms with Crippen molar-refractivity contribution in [2.24, 2.45) is 0 Å². The van der Waals surface area contributed by atoms with Crippen molar-refractivity contribution in [3.63, 3.8) is 0 Å². The average molecular weight is 713 g/mol. The number of hydrogen-bond acceptors (Lipinski definition) is 5. The van der Waals surface area contributed by atoms with Gasteiger partial charge in [0.15, 0.2) is 0 Å². The van der Waals surface area contributed by atoms with E-state index in [9.17, 15) is 0 Å². The number of aryl methyl sites for hydroxylation is 4. The largest absolute Gasteiger partial charge is 0.498 e. The molecule has 4 nitrogen and oxygen atoms in total. The van der Waals surface area contributed by atoms with Gasteiger partial charge in [-0.05, 0) is 56.1 Å². The maximum Gasteiger partial charge on any atom is 0.148 e. The van der Waals surface area contributed by atoms with E-state index in [1.807, 2.05) is 43.3 Å². The zero-order chi connectivity index (χ0) is 33.7. The minimum atomic E-state index is -2.60. The third kappa shape index (κ3) is 5.28. The zero-order valence-corrected chi connectivity index (χ0v) is 23.7. The molecule has 39 heavy (non-hydrogen) atoms. The van der Waals surface area contributed by atoms with Crippen molar-refractivity contribution in [1.29, 1.82) is 0 Å². The van der Waals surface area contributed by atoms with Gasteiger partial charge in [-0.15, -0.1) is 65.4 Å². The smallest absolute Gasteiger partial charge is 0.148 e. The normalized spacial score (nSPS) is 15.3. The van der Waals surface area contributed by atoms with E-state index in [0.29, 0.717) is 16.7 Å². The molecule has 0 aliphatic carbocycles. The molecule has 0 saturated carbocycles. The summed E-state index contributed by atoms with van der Waals surface area (Å²) in [6.07, 6.45) is 2.50. The standard InChI is InChI=1S/C21H15N2OS.C12H10N.Ir/c1-11-9-17(22-10-12(11)2)16-6-4-5-14-15-7-8-18-19(23-13(3)25-18)21(15)24-20(14)16;1-10-7-8-12(13-9-10)11-5-3-2-4-6-11;/h4-5,7-10H,1-3H3;2-5,7-9H,1H3;/q2*-1;/i1D3,2D3;1D3;. The second kappa shape index (κ2) is 11.2. The topological polar surface area (TPSA) is 51.8 Å². The van der Waals surface area contributed by atoms with Crippen LogP contribution in [0.3, 0.4) is 0 Å². The Labute approximate surface area is 257 Å². The molecule has 3 aromatic carbocycles. The van der Waals surface area contributed by atoms with E-state index in [2.05, 4.69) is 27.1 Å². The van der Waals surface area contributed by atoms with Gasteiger partial charge >= 0.3 is 0 Å². The predicted molar refractivity (Wildman–Crippen MR) is 156 cm³/mol. The minimum Gasteiger partial charge on any atom is -0.498 e. The van der Waals surface area contributed by atoms with Crippen LogP contribution in [0, 0.1) is 39.6 Å². The molecule has 0 saturated heterocycles. The van der Waals surface area contributed by atoms with E-state index in [4.69, 9.17) is 16.8 Å². The van der Waals surface area contributed by atoms with Crippen LogP contribution in [0.1, 0.15) is 34.0 Å². The van der Waals surface area contributed by atoms with E-state index in [1.165, 1.54) is 12.3 Å². The van der Waals surface area contributed by atoms with Gasteiger partial charge in [0.1, 0.15) is 11.1 Å². The number of pyridine rings is 2. The maximum absolute atomic E-state index is 7.81. The van der Waals surface area contributed by atoms with E-state index in [0.717, 1.165) is 43.5 Å². The zero-order valence-electron chi connectivity index (χ0n) is 29.5. The van der Waals surface area contributed by atoms with Gasteiger partial charge in [0, 0.05) is 50.2 Å². The van der Waals surface area contributed by atoms with Gasteiger partial charge < -0.3 is 14.4 Å². The third-order valence-electron chi connectivity index (χ3n) is 5.97. The Balaban J connectivity index is 0.000000224. The Hall–Kier alpha value is -3.70. The molecule has 0 unspecified atom stereocenters. The molecule has 0 aliphatic rings. The van der Waals surface area contributed by atoms with Crippen LogP contribution in [0.5, 0.6) is 0 Å². The quantitative estimate of drug-likeness (QED) is 0.168. The number of aromatic nitrogens is 3. The molecule has 7 rings (SSSR count). The molecule has 0 fully saturated rings. The van der Waals surface area contributed by atoms with Crippen molar-refractivity contribution in [1.82, 2.24) is 15.0 Å². The molecular weight excluding hydrogens is 679 g/mol. The molecule has 4 heterocycles. The molecule has 195 valence electrons. The summed E-state index contributed by atoms with van der Waals surface area (Å²) >= 11 is 1.58. The Bertz CT molecular complexity index is 2220. The Morgan fingerprint density at radius 2 is 1.69 bits per heavy atom. The van der Waals surface area contributed by atoms with Gasteiger partial charge in [-0.25, -0.2) is 4.98 Å². The molecule has 0 bridgehead atoms. The van der Waals surface area contributed by atoms with Crippen LogP contribution >= 0.6 is 11.3 Å². The van der Waals surface area contributed by atoms with Gasteiger partial charge in [0.25, 0.3) is 0 Å². The van der Waals surface area contributed by atoms with E-state index in [-0.39, 0.29) is 42.5 Å². The molecule has 4 aromatic heterocycles. The number of fused-ring (bicyclic) bond motifs is 5. The summed E-state index contributed by atoms with van der Waals surface area (Å²) in [5.41, 5.74) is 3.99. The molecule has 0 atom stereocenters. The fourth-order valence-electron chi connectivity index (χ4n) is 4.19. The summed E-state index contributed by atoms with van der Waals surface area (Å²) in [5.74, 6) is 0. The van der Waals surface area contributed by atoms with Crippen LogP contribution in [0.4, 0.5) is 0 Å². The number of nitrogens with zero attached hydrogens (tertiary/aromatic N) is 3. The summed E-state index contributed by atoms with van der Waals surface area (Å²) in [7, 11) is 0. The van der Waals surface area contributed by atoms with Gasteiger partial charge in [-0.1, -0.05) is 40.8 Å². The van der Waals surface area contributed by atoms with E-state index >= 15 is 0 Å². The number of furan rings is 1. The summed E-state index contributed by atoms with van der Waals surface area (Å²) in [4.78, 5) is 13.0. The first-order chi connectivity index (χ1) is 22.1. The van der Waals surface area contributed by atoms with Gasteiger partial charge in [-0.2, -0.15) is 0 Å². The molecule has 0 amide bonds. The average Bonchev–Trinajstić information content (AvgIpc) is 3.60. The molecule has 0 aliphatic heterocycles. The summed E-state index contributed by atoms with van der Waals surface area (Å²) in [5, 5.41) is 2.64. The van der Waals surface area contributed by atoms with Crippen LogP contribution in [0.15, 0.2) is 83.5 Å². The van der Waals surface area contributed by atoms with Crippen molar-refractivity contribution in [2.45, 2.75) is 27.5 Å². The fourth-order valence-corrected chi connectivity index (χ4v) is 5.02. The molecule has 6 heteroatoms. The molecule has 7 aromatic rings. The van der Waals surface area contributed by atoms with Gasteiger partial charge in [-0.3, -0.25) is 0 Å². The number of thiazole rings is 1. The van der Waals surface area contributed by atoms with Crippen molar-refractivity contribution < 1.29 is 36.9 Å². The number of rotatable bonds is 2. The maximum atomic E-state index is 7.81. The van der Waals surface area contributed by atoms with Crippen molar-refractivity contribution in [2.75, 3.05) is 0 Å². The van der Waals surface area contributed by atoms with E-state index < -0.39 is 20.6 Å². The predicted octanol–water partition coefficient (Wildman–Crippen LogP) is 8.84. The first-order valence-electron chi connectivity index (χ1n) is 16.2. The molecule has 0 N–H and O–H groups in total. The second-order valence-corrected chi connectivity index (χ2v) is 9.78. The van der Waals surface area contributed by atoms with Crippen LogP contribution in [0.2, 0.25) is 0 Å². The molecule has 0 spiro atoms. The Kier molecular flexibility index (Phi) is 5.11. The van der Waals surface area contributed by atoms with Crippen molar-refractivity contribution >= 4 is 43.5 Å². The van der Waals surface area contributed by atoms with Crippen LogP contribution < -0.4 is 0 Å². The van der Waals surface area contributed by atoms with E-state index in [1.54, 1.807) is 35.6 Å². The Morgan fingerprint density at radius 1 is 0.821 bits per heavy atom. The first-order valence-corrected chi connectivity index (χ1v) is 12.5. The fraction of sp³-hybridized carbons (Fsp3) is 0.121. The summed E-state index contributed by atoms with van der Waals surface area (Å²) in [6, 6.07) is 25.7. The third-order valence-corrected chi connectivity index (χ3v) is 6.91. The minimum absolute atomic E-state index is 0. The SMILES string of the molecule is [2H]C([2H])([2H])c1ccc(-c2[c-]cccc2)nc1.[2H]C([2H])([2H])c1cnc(-c2[c-]ccc3c2oc2c3ccc3sc(C)nc32)cc1C([2H])([2H])[2H].[Ir]. The van der Waals surface area contributed by atoms with Crippen LogP contribution in [-0.2, 0) is 20.1 Å².